The van der Waals surface area contributed by atoms with Gasteiger partial charge in [0.15, 0.2) is 6.29 Å². The zero-order valence-corrected chi connectivity index (χ0v) is 27.0. The Morgan fingerprint density at radius 2 is 0.620 bits per heavy atom. The first-order chi connectivity index (χ1) is 23.7. The lowest BCUT2D eigenvalue weighted by molar-refractivity contribution is -0.282. The monoisotopic (exact) mass is 736 g/mol. The van der Waals surface area contributed by atoms with Crippen LogP contribution in [0.2, 0.25) is 0 Å². The Morgan fingerprint density at radius 3 is 1.08 bits per heavy atom. The van der Waals surface area contributed by atoms with Crippen molar-refractivity contribution in [2.45, 2.75) is 110 Å². The Hall–Kier alpha value is -0.840. The van der Waals surface area contributed by atoms with Gasteiger partial charge in [0, 0.05) is 11.8 Å². The molecule has 0 saturated carbocycles. The summed E-state index contributed by atoms with van der Waals surface area (Å²) in [6, 6.07) is 0. The van der Waals surface area contributed by atoms with Crippen LogP contribution >= 0.6 is 0 Å². The molecule has 0 aliphatic carbocycles. The third-order valence-electron chi connectivity index (χ3n) is 9.78. The van der Waals surface area contributed by atoms with E-state index in [0.29, 0.717) is 0 Å². The van der Waals surface area contributed by atoms with Crippen molar-refractivity contribution in [2.75, 3.05) is 59.5 Å². The minimum absolute atomic E-state index is 0.318. The molecule has 0 bridgehead atoms. The molecule has 50 heavy (non-hydrogen) atoms. The zero-order chi connectivity index (χ0) is 36.9. The van der Waals surface area contributed by atoms with Gasteiger partial charge in [0.2, 0.25) is 0 Å². The van der Waals surface area contributed by atoms with Crippen molar-refractivity contribution in [1.29, 1.82) is 0 Å². The number of aliphatic hydroxyl groups excluding tert-OH is 14. The summed E-state index contributed by atoms with van der Waals surface area (Å²) in [5.41, 5.74) is 0. The summed E-state index contributed by atoms with van der Waals surface area (Å²) in [5, 5.41) is 142. The van der Waals surface area contributed by atoms with Crippen LogP contribution < -0.4 is 0 Å². The maximum absolute atomic E-state index is 10.8. The number of hydrogen-bond acceptors (Lipinski definition) is 21. The molecule has 21 nitrogen and oxygen atoms in total. The molecule has 0 aromatic carbocycles. The lowest BCUT2D eigenvalue weighted by Gasteiger charge is -2.44. The third kappa shape index (κ3) is 9.44. The highest BCUT2D eigenvalue weighted by atomic mass is 16.6. The van der Waals surface area contributed by atoms with Crippen LogP contribution in [0.15, 0.2) is 0 Å². The topological polar surface area (TPSA) is 348 Å². The summed E-state index contributed by atoms with van der Waals surface area (Å²) in [6.45, 7) is -4.01. The van der Waals surface area contributed by atoms with Gasteiger partial charge in [-0.3, -0.25) is 0 Å². The van der Waals surface area contributed by atoms with Crippen LogP contribution in [0.1, 0.15) is 0 Å². The average Bonchev–Trinajstić information content (AvgIpc) is 3.10. The molecule has 4 rings (SSSR count). The molecule has 4 saturated heterocycles. The molecular formula is C29H52O21. The van der Waals surface area contributed by atoms with Crippen molar-refractivity contribution in [1.82, 2.24) is 0 Å². The Bertz CT molecular complexity index is 995. The van der Waals surface area contributed by atoms with Crippen LogP contribution in [0, 0.1) is 11.8 Å². The van der Waals surface area contributed by atoms with E-state index in [2.05, 4.69) is 0 Å². The maximum atomic E-state index is 10.8. The van der Waals surface area contributed by atoms with Crippen molar-refractivity contribution in [2.24, 2.45) is 11.8 Å². The average molecular weight is 737 g/mol. The van der Waals surface area contributed by atoms with E-state index in [4.69, 9.17) is 33.2 Å². The smallest absolute Gasteiger partial charge is 0.183 e. The SMILES string of the molecule is OCC1OC(COCC2C(COCC3OC(COCC4C(CO)OC(O)C(O)C4O)C(O)C(O)C3O)OC(CO)C(O)C2O)C(O)C(O)C1O. The van der Waals surface area contributed by atoms with E-state index in [1.165, 1.54) is 0 Å². The summed E-state index contributed by atoms with van der Waals surface area (Å²) < 4.78 is 38.8. The summed E-state index contributed by atoms with van der Waals surface area (Å²) >= 11 is 0. The van der Waals surface area contributed by atoms with Gasteiger partial charge >= 0.3 is 0 Å². The highest BCUT2D eigenvalue weighted by Gasteiger charge is 2.48. The zero-order valence-electron chi connectivity index (χ0n) is 27.0. The maximum Gasteiger partial charge on any atom is 0.183 e. The summed E-state index contributed by atoms with van der Waals surface area (Å²) in [5.74, 6) is -1.97. The highest BCUT2D eigenvalue weighted by molar-refractivity contribution is 4.95. The van der Waals surface area contributed by atoms with Gasteiger partial charge in [-0.25, -0.2) is 0 Å². The minimum atomic E-state index is -1.72. The fourth-order valence-corrected chi connectivity index (χ4v) is 6.57. The standard InChI is InChI=1S/C29H52O21/c30-1-12-10(20(34)28(42)29(43)50-12)4-44-8-17-24(38)27(41)25(39)18(49-17)9-46-6-15-11(19(33)21(35)13(2-31)47-15)5-45-7-16-23(37)26(40)22(36)14(3-32)48-16/h10-43H,1-9H2. The number of hydrogen-bond donors (Lipinski definition) is 14. The van der Waals surface area contributed by atoms with Gasteiger partial charge in [-0.15, -0.1) is 0 Å². The van der Waals surface area contributed by atoms with E-state index < -0.39 is 148 Å². The largest absolute Gasteiger partial charge is 0.394 e. The molecule has 4 fully saturated rings. The van der Waals surface area contributed by atoms with E-state index >= 15 is 0 Å². The first-order valence-electron chi connectivity index (χ1n) is 16.4. The van der Waals surface area contributed by atoms with Crippen LogP contribution in [0.4, 0.5) is 0 Å². The number of aliphatic hydroxyl groups is 14. The molecule has 20 atom stereocenters. The van der Waals surface area contributed by atoms with Gasteiger partial charge in [0.1, 0.15) is 79.4 Å². The predicted molar refractivity (Wildman–Crippen MR) is 158 cm³/mol. The van der Waals surface area contributed by atoms with Gasteiger partial charge in [0.25, 0.3) is 0 Å². The summed E-state index contributed by atoms with van der Waals surface area (Å²) in [7, 11) is 0. The normalized spacial score (nSPS) is 48.8. The highest BCUT2D eigenvalue weighted by Crippen LogP contribution is 2.30. The molecule has 0 radical (unpaired) electrons. The second kappa shape index (κ2) is 19.0. The molecule has 4 heterocycles. The van der Waals surface area contributed by atoms with Crippen LogP contribution in [-0.4, -0.2) is 241 Å². The Balaban J connectivity index is 1.31. The van der Waals surface area contributed by atoms with Gasteiger partial charge in [-0.1, -0.05) is 0 Å². The second-order valence-corrected chi connectivity index (χ2v) is 13.1. The lowest BCUT2D eigenvalue weighted by Crippen LogP contribution is -2.61. The molecule has 4 aliphatic rings. The first kappa shape index (κ1) is 41.9. The Kier molecular flexibility index (Phi) is 15.9. The van der Waals surface area contributed by atoms with Crippen molar-refractivity contribution >= 4 is 0 Å². The molecular weight excluding hydrogens is 684 g/mol. The predicted octanol–water partition coefficient (Wildman–Crippen LogP) is -9.13. The quantitative estimate of drug-likeness (QED) is 0.0742. The van der Waals surface area contributed by atoms with Crippen LogP contribution in [-0.2, 0) is 33.2 Å². The fourth-order valence-electron chi connectivity index (χ4n) is 6.57. The molecule has 4 aliphatic heterocycles. The van der Waals surface area contributed by atoms with Crippen molar-refractivity contribution in [3.05, 3.63) is 0 Å². The third-order valence-corrected chi connectivity index (χ3v) is 9.78. The minimum Gasteiger partial charge on any atom is -0.394 e. The van der Waals surface area contributed by atoms with Crippen molar-refractivity contribution in [3.63, 3.8) is 0 Å². The Labute approximate surface area is 286 Å². The van der Waals surface area contributed by atoms with Crippen molar-refractivity contribution < 1.29 is 105 Å². The molecule has 14 N–H and O–H groups in total. The van der Waals surface area contributed by atoms with Gasteiger partial charge in [0.05, 0.1) is 83.9 Å². The molecule has 0 amide bonds. The number of ether oxygens (including phenoxy) is 7. The molecule has 21 heteroatoms. The molecule has 0 spiro atoms. The number of rotatable bonds is 15. The molecule has 20 unspecified atom stereocenters. The van der Waals surface area contributed by atoms with E-state index in [9.17, 15) is 71.5 Å². The Morgan fingerprint density at radius 1 is 0.300 bits per heavy atom. The summed E-state index contributed by atoms with van der Waals surface area (Å²) in [4.78, 5) is 0. The first-order valence-corrected chi connectivity index (χ1v) is 16.4. The van der Waals surface area contributed by atoms with E-state index in [1.807, 2.05) is 0 Å². The fraction of sp³-hybridized carbons (Fsp3) is 1.00. The molecule has 0 aromatic rings. The van der Waals surface area contributed by atoms with Gasteiger partial charge in [-0.05, 0) is 0 Å². The van der Waals surface area contributed by atoms with Gasteiger partial charge < -0.3 is 105 Å². The molecule has 294 valence electrons. The van der Waals surface area contributed by atoms with E-state index in [0.717, 1.165) is 0 Å². The van der Waals surface area contributed by atoms with Crippen LogP contribution in [0.5, 0.6) is 0 Å². The van der Waals surface area contributed by atoms with Crippen LogP contribution in [0.25, 0.3) is 0 Å². The lowest BCUT2D eigenvalue weighted by atomic mass is 9.87. The van der Waals surface area contributed by atoms with E-state index in [1.54, 1.807) is 0 Å². The van der Waals surface area contributed by atoms with E-state index in [-0.39, 0.29) is 33.0 Å². The van der Waals surface area contributed by atoms with Crippen LogP contribution in [0.3, 0.4) is 0 Å². The second-order valence-electron chi connectivity index (χ2n) is 13.1. The van der Waals surface area contributed by atoms with Gasteiger partial charge in [-0.2, -0.15) is 0 Å². The molecule has 0 aromatic heterocycles. The van der Waals surface area contributed by atoms with Crippen molar-refractivity contribution in [3.8, 4) is 0 Å². The summed E-state index contributed by atoms with van der Waals surface area (Å²) in [6.07, 6.45) is -25.8.